The fourth-order valence-corrected chi connectivity index (χ4v) is 2.36. The molecule has 4 nitrogen and oxygen atoms in total. The molecule has 0 aliphatic rings. The van der Waals surface area contributed by atoms with Crippen LogP contribution in [0.5, 0.6) is 0 Å². The SMILES string of the molecule is CN(C)CCNC(C)(C(=O)O)c1ccccc1Br. The molecule has 0 saturated carbocycles. The monoisotopic (exact) mass is 314 g/mol. The Morgan fingerprint density at radius 1 is 1.44 bits per heavy atom. The first-order valence-corrected chi connectivity index (χ1v) is 6.55. The lowest BCUT2D eigenvalue weighted by Crippen LogP contribution is -2.48. The van der Waals surface area contributed by atoms with Crippen LogP contribution in [-0.2, 0) is 10.3 Å². The van der Waals surface area contributed by atoms with Crippen LogP contribution in [0.1, 0.15) is 12.5 Å². The fraction of sp³-hybridized carbons (Fsp3) is 0.462. The quantitative estimate of drug-likeness (QED) is 0.842. The normalized spacial score (nSPS) is 14.5. The Balaban J connectivity index is 2.94. The molecule has 5 heteroatoms. The summed E-state index contributed by atoms with van der Waals surface area (Å²) in [6, 6.07) is 7.38. The number of carboxylic acids is 1. The Labute approximate surface area is 116 Å². The highest BCUT2D eigenvalue weighted by atomic mass is 79.9. The van der Waals surface area contributed by atoms with Gasteiger partial charge < -0.3 is 10.0 Å². The van der Waals surface area contributed by atoms with E-state index in [0.717, 1.165) is 16.6 Å². The maximum atomic E-state index is 11.6. The zero-order chi connectivity index (χ0) is 13.8. The number of halogens is 1. The molecule has 0 aliphatic heterocycles. The van der Waals surface area contributed by atoms with Crippen molar-refractivity contribution in [2.24, 2.45) is 0 Å². The molecule has 2 N–H and O–H groups in total. The average molecular weight is 315 g/mol. The van der Waals surface area contributed by atoms with Crippen molar-refractivity contribution in [2.75, 3.05) is 27.2 Å². The van der Waals surface area contributed by atoms with E-state index in [4.69, 9.17) is 0 Å². The topological polar surface area (TPSA) is 52.6 Å². The summed E-state index contributed by atoms with van der Waals surface area (Å²) in [6.07, 6.45) is 0. The second-order valence-corrected chi connectivity index (χ2v) is 5.49. The number of aliphatic carboxylic acids is 1. The Hall–Kier alpha value is -0.910. The molecule has 0 spiro atoms. The Morgan fingerprint density at radius 2 is 2.06 bits per heavy atom. The second kappa shape index (κ2) is 6.31. The summed E-state index contributed by atoms with van der Waals surface area (Å²) in [5.41, 5.74) is -0.355. The van der Waals surface area contributed by atoms with Gasteiger partial charge in [0.25, 0.3) is 0 Å². The van der Waals surface area contributed by atoms with Gasteiger partial charge in [-0.15, -0.1) is 0 Å². The third-order valence-corrected chi connectivity index (χ3v) is 3.57. The van der Waals surface area contributed by atoms with Crippen LogP contribution >= 0.6 is 15.9 Å². The first kappa shape index (κ1) is 15.1. The molecular weight excluding hydrogens is 296 g/mol. The molecule has 0 aliphatic carbocycles. The minimum absolute atomic E-state index is 0.608. The van der Waals surface area contributed by atoms with Crippen molar-refractivity contribution >= 4 is 21.9 Å². The van der Waals surface area contributed by atoms with Crippen LogP contribution in [0.25, 0.3) is 0 Å². The summed E-state index contributed by atoms with van der Waals surface area (Å²) in [5, 5.41) is 12.6. The van der Waals surface area contributed by atoms with Crippen LogP contribution in [0.2, 0.25) is 0 Å². The molecule has 18 heavy (non-hydrogen) atoms. The maximum absolute atomic E-state index is 11.6. The van der Waals surface area contributed by atoms with E-state index in [1.54, 1.807) is 6.92 Å². The van der Waals surface area contributed by atoms with E-state index in [2.05, 4.69) is 21.2 Å². The van der Waals surface area contributed by atoms with Crippen LogP contribution in [0.3, 0.4) is 0 Å². The van der Waals surface area contributed by atoms with Crippen LogP contribution in [0.15, 0.2) is 28.7 Å². The zero-order valence-corrected chi connectivity index (χ0v) is 12.5. The number of hydrogen-bond donors (Lipinski definition) is 2. The summed E-state index contributed by atoms with van der Waals surface area (Å²) in [6.45, 7) is 3.08. The molecule has 0 saturated heterocycles. The van der Waals surface area contributed by atoms with Gasteiger partial charge in [-0.2, -0.15) is 0 Å². The minimum atomic E-state index is -1.09. The van der Waals surface area contributed by atoms with Gasteiger partial charge in [0, 0.05) is 17.6 Å². The highest BCUT2D eigenvalue weighted by molar-refractivity contribution is 9.10. The van der Waals surface area contributed by atoms with Gasteiger partial charge in [-0.1, -0.05) is 34.1 Å². The van der Waals surface area contributed by atoms with Crippen molar-refractivity contribution < 1.29 is 9.90 Å². The van der Waals surface area contributed by atoms with Crippen molar-refractivity contribution in [2.45, 2.75) is 12.5 Å². The highest BCUT2D eigenvalue weighted by Crippen LogP contribution is 2.28. The van der Waals surface area contributed by atoms with E-state index >= 15 is 0 Å². The maximum Gasteiger partial charge on any atom is 0.328 e. The Bertz CT molecular complexity index is 423. The van der Waals surface area contributed by atoms with Crippen LogP contribution in [0.4, 0.5) is 0 Å². The van der Waals surface area contributed by atoms with Gasteiger partial charge in [-0.25, -0.2) is 4.79 Å². The number of carboxylic acid groups (broad SMARTS) is 1. The number of likely N-dealkylation sites (N-methyl/N-ethyl adjacent to an activating group) is 1. The van der Waals surface area contributed by atoms with Gasteiger partial charge in [-0.05, 0) is 32.6 Å². The minimum Gasteiger partial charge on any atom is -0.480 e. The number of nitrogens with one attached hydrogen (secondary N) is 1. The molecule has 0 bridgehead atoms. The third-order valence-electron chi connectivity index (χ3n) is 2.88. The predicted molar refractivity (Wildman–Crippen MR) is 75.7 cm³/mol. The predicted octanol–water partition coefficient (Wildman–Crippen LogP) is 1.90. The molecular formula is C13H19BrN2O2. The second-order valence-electron chi connectivity index (χ2n) is 4.64. The smallest absolute Gasteiger partial charge is 0.328 e. The van der Waals surface area contributed by atoms with Gasteiger partial charge in [0.1, 0.15) is 5.54 Å². The standard InChI is InChI=1S/C13H19BrN2O2/c1-13(12(17)18,15-8-9-16(2)3)10-6-4-5-7-11(10)14/h4-7,15H,8-9H2,1-3H3,(H,17,18). The third kappa shape index (κ3) is 3.54. The van der Waals surface area contributed by atoms with Crippen LogP contribution < -0.4 is 5.32 Å². The molecule has 0 heterocycles. The van der Waals surface area contributed by atoms with Crippen molar-refractivity contribution in [1.29, 1.82) is 0 Å². The number of benzene rings is 1. The molecule has 0 aromatic heterocycles. The van der Waals surface area contributed by atoms with E-state index in [-0.39, 0.29) is 0 Å². The first-order valence-electron chi connectivity index (χ1n) is 5.76. The van der Waals surface area contributed by atoms with E-state index in [1.165, 1.54) is 0 Å². The molecule has 1 aromatic rings. The van der Waals surface area contributed by atoms with Gasteiger partial charge >= 0.3 is 5.97 Å². The summed E-state index contributed by atoms with van der Waals surface area (Å²) in [5.74, 6) is -0.881. The lowest BCUT2D eigenvalue weighted by atomic mass is 9.92. The Morgan fingerprint density at radius 3 is 2.56 bits per heavy atom. The Kier molecular flexibility index (Phi) is 5.31. The van der Waals surface area contributed by atoms with Gasteiger partial charge in [0.2, 0.25) is 0 Å². The molecule has 1 rings (SSSR count). The summed E-state index contributed by atoms with van der Waals surface area (Å²) >= 11 is 3.41. The average Bonchev–Trinajstić information content (AvgIpc) is 2.28. The van der Waals surface area contributed by atoms with Crippen molar-refractivity contribution in [3.63, 3.8) is 0 Å². The largest absolute Gasteiger partial charge is 0.480 e. The molecule has 0 amide bonds. The molecule has 0 radical (unpaired) electrons. The molecule has 1 aromatic carbocycles. The van der Waals surface area contributed by atoms with Gasteiger partial charge in [-0.3, -0.25) is 5.32 Å². The van der Waals surface area contributed by atoms with Crippen LogP contribution in [-0.4, -0.2) is 43.2 Å². The fourth-order valence-electron chi connectivity index (χ4n) is 1.68. The molecule has 0 fully saturated rings. The number of nitrogens with zero attached hydrogens (tertiary/aromatic N) is 1. The lowest BCUT2D eigenvalue weighted by molar-refractivity contribution is -0.144. The number of rotatable bonds is 6. The van der Waals surface area contributed by atoms with Crippen molar-refractivity contribution in [3.8, 4) is 0 Å². The van der Waals surface area contributed by atoms with E-state index in [9.17, 15) is 9.90 Å². The summed E-state index contributed by atoms with van der Waals surface area (Å²) in [4.78, 5) is 13.6. The molecule has 1 atom stereocenters. The lowest BCUT2D eigenvalue weighted by Gasteiger charge is -2.28. The number of carbonyl (C=O) groups is 1. The van der Waals surface area contributed by atoms with E-state index < -0.39 is 11.5 Å². The molecule has 1 unspecified atom stereocenters. The molecule has 100 valence electrons. The van der Waals surface area contributed by atoms with Crippen LogP contribution in [0, 0.1) is 0 Å². The van der Waals surface area contributed by atoms with E-state index in [1.807, 2.05) is 43.3 Å². The van der Waals surface area contributed by atoms with E-state index in [0.29, 0.717) is 6.54 Å². The summed E-state index contributed by atoms with van der Waals surface area (Å²) < 4.78 is 0.798. The summed E-state index contributed by atoms with van der Waals surface area (Å²) in [7, 11) is 3.91. The first-order chi connectivity index (χ1) is 8.38. The van der Waals surface area contributed by atoms with Gasteiger partial charge in [0.05, 0.1) is 0 Å². The van der Waals surface area contributed by atoms with Gasteiger partial charge in [0.15, 0.2) is 0 Å². The van der Waals surface area contributed by atoms with Crippen molar-refractivity contribution in [3.05, 3.63) is 34.3 Å². The van der Waals surface area contributed by atoms with Crippen molar-refractivity contribution in [1.82, 2.24) is 10.2 Å². The number of hydrogen-bond acceptors (Lipinski definition) is 3. The highest BCUT2D eigenvalue weighted by Gasteiger charge is 2.35. The zero-order valence-electron chi connectivity index (χ0n) is 10.9.